The highest BCUT2D eigenvalue weighted by molar-refractivity contribution is 5.32. The highest BCUT2D eigenvalue weighted by Gasteiger charge is 2.18. The topological polar surface area (TPSA) is 44.0 Å². The highest BCUT2D eigenvalue weighted by Crippen LogP contribution is 2.13. The molecule has 3 heteroatoms. The van der Waals surface area contributed by atoms with Crippen molar-refractivity contribution in [1.82, 2.24) is 0 Å². The summed E-state index contributed by atoms with van der Waals surface area (Å²) in [6.45, 7) is 0. The van der Waals surface area contributed by atoms with Crippen molar-refractivity contribution in [1.29, 1.82) is 5.26 Å². The van der Waals surface area contributed by atoms with Gasteiger partial charge < -0.3 is 0 Å². The minimum atomic E-state index is -0.317. The molecular weight excluding hydrogens is 116 g/mol. The molecule has 1 aliphatic rings. The molecule has 1 aliphatic heterocycles. The van der Waals surface area contributed by atoms with Gasteiger partial charge in [-0.2, -0.15) is 5.26 Å². The van der Waals surface area contributed by atoms with E-state index >= 15 is 0 Å². The van der Waals surface area contributed by atoms with E-state index in [1.54, 1.807) is 13.1 Å². The summed E-state index contributed by atoms with van der Waals surface area (Å²) in [5.74, 6) is 0. The van der Waals surface area contributed by atoms with Gasteiger partial charge >= 0.3 is 0 Å². The first-order valence-corrected chi connectivity index (χ1v) is 2.55. The Morgan fingerprint density at radius 1 is 1.78 bits per heavy atom. The second-order valence-electron chi connectivity index (χ2n) is 2.11. The van der Waals surface area contributed by atoms with Crippen molar-refractivity contribution < 1.29 is 9.85 Å². The fourth-order valence-electron chi connectivity index (χ4n) is 0.665. The maximum Gasteiger partial charge on any atom is 0.151 e. The molecule has 9 heavy (non-hydrogen) atoms. The van der Waals surface area contributed by atoms with Crippen LogP contribution in [0, 0.1) is 11.3 Å². The largest absolute Gasteiger partial charge is 0.207 e. The molecule has 0 bridgehead atoms. The number of hydroxylamine groups is 3. The maximum atomic E-state index is 9.12. The molecule has 1 rings (SSSR count). The Balaban J connectivity index is 2.90. The molecule has 0 fully saturated rings. The molecule has 0 saturated heterocycles. The Morgan fingerprint density at radius 2 is 2.44 bits per heavy atom. The van der Waals surface area contributed by atoms with Crippen molar-refractivity contribution in [3.63, 3.8) is 0 Å². The van der Waals surface area contributed by atoms with Crippen LogP contribution in [-0.4, -0.2) is 16.9 Å². The summed E-state index contributed by atoms with van der Waals surface area (Å²) in [6.07, 6.45) is 4.57. The van der Waals surface area contributed by atoms with Gasteiger partial charge in [-0.05, 0) is 0 Å². The fourth-order valence-corrected chi connectivity index (χ4v) is 0.665. The molecule has 0 spiro atoms. The van der Waals surface area contributed by atoms with Crippen LogP contribution in [0.5, 0.6) is 0 Å². The number of allylic oxidation sites excluding steroid dienone is 2. The Bertz CT molecular complexity index is 220. The molecule has 0 saturated carbocycles. The van der Waals surface area contributed by atoms with Crippen LogP contribution in [0.25, 0.3) is 0 Å². The summed E-state index contributed by atoms with van der Waals surface area (Å²) in [6, 6.07) is 1.92. The van der Waals surface area contributed by atoms with Crippen LogP contribution in [0.2, 0.25) is 0 Å². The molecule has 1 unspecified atom stereocenters. The number of quaternary nitrogens is 1. The summed E-state index contributed by atoms with van der Waals surface area (Å²) in [5.41, 5.74) is 0.500. The van der Waals surface area contributed by atoms with Crippen LogP contribution >= 0.6 is 0 Å². The van der Waals surface area contributed by atoms with Gasteiger partial charge in [0.25, 0.3) is 0 Å². The second kappa shape index (κ2) is 1.69. The summed E-state index contributed by atoms with van der Waals surface area (Å²) in [7, 11) is 1.57. The maximum absolute atomic E-state index is 9.12. The predicted octanol–water partition coefficient (Wildman–Crippen LogP) is 0.757. The highest BCUT2D eigenvalue weighted by atomic mass is 16.5. The zero-order chi connectivity index (χ0) is 6.91. The number of hydrogen-bond acceptors (Lipinski definition) is 2. The van der Waals surface area contributed by atoms with E-state index in [4.69, 9.17) is 10.5 Å². The zero-order valence-corrected chi connectivity index (χ0v) is 5.07. The van der Waals surface area contributed by atoms with Crippen molar-refractivity contribution in [2.75, 3.05) is 7.05 Å². The van der Waals surface area contributed by atoms with E-state index in [1.807, 2.05) is 6.07 Å². The molecule has 1 atom stereocenters. The molecule has 0 amide bonds. The third-order valence-corrected chi connectivity index (χ3v) is 1.09. The van der Waals surface area contributed by atoms with Gasteiger partial charge in [-0.25, -0.2) is 5.21 Å². The van der Waals surface area contributed by atoms with Gasteiger partial charge in [0, 0.05) is 6.08 Å². The lowest BCUT2D eigenvalue weighted by molar-refractivity contribution is -1.00. The van der Waals surface area contributed by atoms with Gasteiger partial charge in [-0.3, -0.25) is 0 Å². The summed E-state index contributed by atoms with van der Waals surface area (Å²) < 4.78 is -0.317. The van der Waals surface area contributed by atoms with Crippen molar-refractivity contribution in [3.05, 3.63) is 24.0 Å². The van der Waals surface area contributed by atoms with E-state index in [0.717, 1.165) is 0 Å². The van der Waals surface area contributed by atoms with Crippen LogP contribution in [0.1, 0.15) is 0 Å². The third-order valence-electron chi connectivity index (χ3n) is 1.09. The van der Waals surface area contributed by atoms with Crippen LogP contribution in [0.15, 0.2) is 24.0 Å². The van der Waals surface area contributed by atoms with Crippen LogP contribution in [0.4, 0.5) is 0 Å². The molecule has 0 aliphatic carbocycles. The Morgan fingerprint density at radius 3 is 2.67 bits per heavy atom. The molecule has 3 nitrogen and oxygen atoms in total. The van der Waals surface area contributed by atoms with E-state index in [2.05, 4.69) is 0 Å². The van der Waals surface area contributed by atoms with Gasteiger partial charge in [0.05, 0.1) is 0 Å². The lowest BCUT2D eigenvalue weighted by atomic mass is 10.3. The first-order chi connectivity index (χ1) is 4.14. The smallest absolute Gasteiger partial charge is 0.151 e. The Labute approximate surface area is 53.3 Å². The lowest BCUT2D eigenvalue weighted by Crippen LogP contribution is -2.24. The van der Waals surface area contributed by atoms with E-state index in [9.17, 15) is 0 Å². The van der Waals surface area contributed by atoms with Gasteiger partial charge in [-0.15, -0.1) is 4.65 Å². The van der Waals surface area contributed by atoms with Crippen molar-refractivity contribution in [3.8, 4) is 6.07 Å². The minimum Gasteiger partial charge on any atom is -0.207 e. The molecule has 0 aromatic carbocycles. The first-order valence-electron chi connectivity index (χ1n) is 2.55. The molecule has 0 aromatic heterocycles. The van der Waals surface area contributed by atoms with E-state index < -0.39 is 0 Å². The Hall–Kier alpha value is -1.11. The van der Waals surface area contributed by atoms with Gasteiger partial charge in [-0.1, -0.05) is 0 Å². The average Bonchev–Trinajstić information content (AvgIpc) is 2.10. The number of hydrogen-bond donors (Lipinski definition) is 1. The standard InChI is InChI=1S/C6H7N2O/c1-8(9)3-2-6(4-7)5-8/h2-3,5,9H,1H3/q+1. The van der Waals surface area contributed by atoms with Crippen LogP contribution < -0.4 is 0 Å². The monoisotopic (exact) mass is 123 g/mol. The second-order valence-corrected chi connectivity index (χ2v) is 2.11. The number of rotatable bonds is 0. The third kappa shape index (κ3) is 1.17. The number of nitrogens with zero attached hydrogens (tertiary/aromatic N) is 2. The van der Waals surface area contributed by atoms with Crippen molar-refractivity contribution >= 4 is 0 Å². The lowest BCUT2D eigenvalue weighted by Gasteiger charge is -2.09. The van der Waals surface area contributed by atoms with E-state index in [0.29, 0.717) is 5.57 Å². The molecule has 1 N–H and O–H groups in total. The summed E-state index contributed by atoms with van der Waals surface area (Å²) in [4.78, 5) is 0. The molecular formula is C6H7N2O+. The van der Waals surface area contributed by atoms with Gasteiger partial charge in [0.2, 0.25) is 0 Å². The molecule has 0 aromatic rings. The van der Waals surface area contributed by atoms with Crippen LogP contribution in [-0.2, 0) is 0 Å². The van der Waals surface area contributed by atoms with Gasteiger partial charge in [0.1, 0.15) is 24.9 Å². The minimum absolute atomic E-state index is 0.317. The molecule has 0 radical (unpaired) electrons. The first kappa shape index (κ1) is 6.02. The van der Waals surface area contributed by atoms with E-state index in [-0.39, 0.29) is 4.65 Å². The number of nitriles is 1. The predicted molar refractivity (Wildman–Crippen MR) is 30.8 cm³/mol. The normalized spacial score (nSPS) is 31.9. The Kier molecular flexibility index (Phi) is 1.13. The zero-order valence-electron chi connectivity index (χ0n) is 5.07. The molecule has 46 valence electrons. The van der Waals surface area contributed by atoms with Crippen LogP contribution in [0.3, 0.4) is 0 Å². The average molecular weight is 123 g/mol. The van der Waals surface area contributed by atoms with Crippen molar-refractivity contribution in [2.45, 2.75) is 0 Å². The SMILES string of the molecule is C[N+]1(O)C=CC(C#N)=C1. The van der Waals surface area contributed by atoms with Crippen molar-refractivity contribution in [2.24, 2.45) is 0 Å². The summed E-state index contributed by atoms with van der Waals surface area (Å²) >= 11 is 0. The molecule has 1 heterocycles. The summed E-state index contributed by atoms with van der Waals surface area (Å²) in [5, 5.41) is 17.4. The fraction of sp³-hybridized carbons (Fsp3) is 0.167. The van der Waals surface area contributed by atoms with E-state index in [1.165, 1.54) is 12.4 Å². The van der Waals surface area contributed by atoms with Gasteiger partial charge in [0.15, 0.2) is 6.20 Å². The quantitative estimate of drug-likeness (QED) is 0.483.